The molecule has 3 aromatic rings. The first-order chi connectivity index (χ1) is 15.9. The van der Waals surface area contributed by atoms with E-state index in [0.29, 0.717) is 22.6 Å². The molecule has 8 heteroatoms. The monoisotopic (exact) mass is 447 g/mol. The smallest absolute Gasteiger partial charge is 0.256 e. The number of nitrogens with one attached hydrogen (secondary N) is 2. The third kappa shape index (κ3) is 3.43. The topological polar surface area (TPSA) is 93.5 Å². The number of fused-ring (bicyclic) bond motifs is 2. The van der Waals surface area contributed by atoms with Crippen molar-refractivity contribution in [2.75, 3.05) is 5.32 Å². The number of nitrogens with zero attached hydrogens (tertiary/aromatic N) is 1. The van der Waals surface area contributed by atoms with Crippen LogP contribution in [0.3, 0.4) is 0 Å². The zero-order chi connectivity index (χ0) is 23.2. The highest BCUT2D eigenvalue weighted by Crippen LogP contribution is 2.49. The summed E-state index contributed by atoms with van der Waals surface area (Å²) >= 11 is 0. The Balaban J connectivity index is 1.43. The normalized spacial score (nSPS) is 25.6. The van der Waals surface area contributed by atoms with Crippen molar-refractivity contribution in [3.63, 3.8) is 0 Å². The fourth-order valence-electron chi connectivity index (χ4n) is 5.13. The fourth-order valence-corrected chi connectivity index (χ4v) is 5.13. The zero-order valence-corrected chi connectivity index (χ0v) is 17.8. The van der Waals surface area contributed by atoms with E-state index < -0.39 is 23.4 Å². The van der Waals surface area contributed by atoms with Gasteiger partial charge < -0.3 is 10.1 Å². The lowest BCUT2D eigenvalue weighted by Gasteiger charge is -2.25. The summed E-state index contributed by atoms with van der Waals surface area (Å²) in [5.41, 5.74) is 1.20. The highest BCUT2D eigenvalue weighted by atomic mass is 19.1. The van der Waals surface area contributed by atoms with Crippen LogP contribution in [0, 0.1) is 15.9 Å². The van der Waals surface area contributed by atoms with Crippen LogP contribution in [0.15, 0.2) is 72.8 Å². The molecule has 3 aromatic carbocycles. The van der Waals surface area contributed by atoms with Crippen molar-refractivity contribution in [2.24, 2.45) is 0 Å². The van der Waals surface area contributed by atoms with Crippen LogP contribution in [0.2, 0.25) is 0 Å². The Morgan fingerprint density at radius 1 is 1.09 bits per heavy atom. The average molecular weight is 447 g/mol. The van der Waals surface area contributed by atoms with E-state index in [1.165, 1.54) is 12.1 Å². The molecular weight excluding hydrogens is 425 g/mol. The van der Waals surface area contributed by atoms with Gasteiger partial charge in [-0.2, -0.15) is 0 Å². The number of halogens is 1. The number of carbonyl (C=O) groups is 1. The summed E-state index contributed by atoms with van der Waals surface area (Å²) in [4.78, 5) is 25.0. The summed E-state index contributed by atoms with van der Waals surface area (Å²) in [6, 6.07) is 18.8. The van der Waals surface area contributed by atoms with Gasteiger partial charge in [-0.3, -0.25) is 20.2 Å². The Morgan fingerprint density at radius 3 is 2.58 bits per heavy atom. The van der Waals surface area contributed by atoms with Crippen molar-refractivity contribution >= 4 is 11.6 Å². The number of ether oxygens (including phenoxy) is 1. The lowest BCUT2D eigenvalue weighted by atomic mass is 9.78. The van der Waals surface area contributed by atoms with E-state index in [2.05, 4.69) is 10.6 Å². The van der Waals surface area contributed by atoms with E-state index >= 15 is 0 Å². The van der Waals surface area contributed by atoms with Crippen molar-refractivity contribution in [1.29, 1.82) is 0 Å². The van der Waals surface area contributed by atoms with Gasteiger partial charge in [0.15, 0.2) is 5.54 Å². The summed E-state index contributed by atoms with van der Waals surface area (Å²) in [6.45, 7) is 2.06. The molecule has 0 aromatic heterocycles. The predicted molar refractivity (Wildman–Crippen MR) is 120 cm³/mol. The number of anilines is 1. The lowest BCUT2D eigenvalue weighted by Crippen LogP contribution is -2.54. The zero-order valence-electron chi connectivity index (χ0n) is 17.8. The molecule has 0 bridgehead atoms. The van der Waals surface area contributed by atoms with Crippen molar-refractivity contribution in [1.82, 2.24) is 5.32 Å². The molecule has 168 valence electrons. The fraction of sp³-hybridized carbons (Fsp3) is 0.240. The highest BCUT2D eigenvalue weighted by Gasteiger charge is 2.67. The van der Waals surface area contributed by atoms with Gasteiger partial charge in [0, 0.05) is 22.2 Å². The van der Waals surface area contributed by atoms with Crippen molar-refractivity contribution < 1.29 is 18.8 Å². The maximum Gasteiger partial charge on any atom is 0.256 e. The number of hydrogen-bond acceptors (Lipinski definition) is 5. The van der Waals surface area contributed by atoms with Crippen molar-refractivity contribution in [3.8, 4) is 5.75 Å². The van der Waals surface area contributed by atoms with Gasteiger partial charge in [0.05, 0.1) is 5.92 Å². The largest absolute Gasteiger partial charge is 0.489 e. The molecule has 2 aliphatic heterocycles. The van der Waals surface area contributed by atoms with Crippen LogP contribution in [0.1, 0.15) is 29.5 Å². The Morgan fingerprint density at radius 2 is 1.85 bits per heavy atom. The molecule has 7 nitrogen and oxygen atoms in total. The van der Waals surface area contributed by atoms with E-state index in [0.717, 1.165) is 5.56 Å². The number of para-hydroxylation sites is 1. The van der Waals surface area contributed by atoms with E-state index in [1.807, 2.05) is 6.92 Å². The third-order valence-electron chi connectivity index (χ3n) is 6.52. The number of amides is 1. The molecule has 0 unspecified atom stereocenters. The van der Waals surface area contributed by atoms with Crippen LogP contribution >= 0.6 is 0 Å². The maximum absolute atomic E-state index is 13.4. The molecule has 5 rings (SSSR count). The molecule has 1 amide bonds. The summed E-state index contributed by atoms with van der Waals surface area (Å²) in [6.07, 6.45) is 0. The minimum absolute atomic E-state index is 0.204. The Labute approximate surface area is 189 Å². The first kappa shape index (κ1) is 21.1. The first-order valence-corrected chi connectivity index (χ1v) is 10.7. The molecule has 0 saturated carbocycles. The third-order valence-corrected chi connectivity index (χ3v) is 6.52. The van der Waals surface area contributed by atoms with Gasteiger partial charge in [-0.05, 0) is 48.4 Å². The van der Waals surface area contributed by atoms with E-state index in [9.17, 15) is 19.3 Å². The van der Waals surface area contributed by atoms with Crippen molar-refractivity contribution in [2.45, 2.75) is 37.1 Å². The number of carbonyl (C=O) groups excluding carboxylic acids is 1. The SMILES string of the molecule is C[C@@H]1N[C@]2(C(=O)Nc3ccccc32)[C@@H]([N+](=O)[O-])[C@H]1c1ccc(OCc2cccc(F)c2)cc1. The second-order valence-electron chi connectivity index (χ2n) is 8.48. The first-order valence-electron chi connectivity index (χ1n) is 10.7. The maximum atomic E-state index is 13.4. The molecule has 4 atom stereocenters. The van der Waals surface area contributed by atoms with E-state index in [1.54, 1.807) is 60.7 Å². The van der Waals surface area contributed by atoms with Crippen LogP contribution in [0.4, 0.5) is 10.1 Å². The molecule has 1 fully saturated rings. The van der Waals surface area contributed by atoms with Gasteiger partial charge in [0.2, 0.25) is 0 Å². The second-order valence-corrected chi connectivity index (χ2v) is 8.48. The van der Waals surface area contributed by atoms with Crippen molar-refractivity contribution in [3.05, 3.63) is 105 Å². The summed E-state index contributed by atoms with van der Waals surface area (Å²) in [5, 5.41) is 18.4. The Bertz CT molecular complexity index is 1230. The standard InChI is InChI=1S/C25H22FN3O4/c1-15-22(17-9-11-19(12-10-17)33-14-16-5-4-6-18(26)13-16)23(29(31)32)25(28-15)20-7-2-3-8-21(20)27-24(25)30/h2-13,15,22-23,28H,14H2,1H3,(H,27,30)/t15-,22+,23-,25-/m0/s1. The van der Waals surface area contributed by atoms with Crippen LogP contribution in [0.5, 0.6) is 5.75 Å². The molecule has 1 saturated heterocycles. The minimum Gasteiger partial charge on any atom is -0.489 e. The Hall–Kier alpha value is -3.78. The lowest BCUT2D eigenvalue weighted by molar-refractivity contribution is -0.532. The quantitative estimate of drug-likeness (QED) is 0.456. The van der Waals surface area contributed by atoms with Gasteiger partial charge in [-0.15, -0.1) is 0 Å². The predicted octanol–water partition coefficient (Wildman–Crippen LogP) is 3.97. The molecule has 33 heavy (non-hydrogen) atoms. The number of nitro groups is 1. The number of benzene rings is 3. The highest BCUT2D eigenvalue weighted by molar-refractivity contribution is 6.07. The van der Waals surface area contributed by atoms with E-state index in [-0.39, 0.29) is 23.4 Å². The Kier molecular flexibility index (Phi) is 5.09. The molecule has 0 aliphatic carbocycles. The molecule has 2 N–H and O–H groups in total. The second kappa shape index (κ2) is 7.97. The van der Waals surface area contributed by atoms with Crippen LogP contribution in [-0.2, 0) is 16.9 Å². The van der Waals surface area contributed by atoms with Crippen LogP contribution in [-0.4, -0.2) is 22.9 Å². The number of rotatable bonds is 5. The molecule has 2 aliphatic rings. The number of hydrogen-bond donors (Lipinski definition) is 2. The van der Waals surface area contributed by atoms with Gasteiger partial charge in [-0.25, -0.2) is 4.39 Å². The molecule has 1 spiro atoms. The summed E-state index contributed by atoms with van der Waals surface area (Å²) in [7, 11) is 0. The van der Waals surface area contributed by atoms with Gasteiger partial charge >= 0.3 is 0 Å². The van der Waals surface area contributed by atoms with Crippen LogP contribution < -0.4 is 15.4 Å². The average Bonchev–Trinajstić information content (AvgIpc) is 3.27. The van der Waals surface area contributed by atoms with Gasteiger partial charge in [0.1, 0.15) is 18.2 Å². The minimum atomic E-state index is -1.43. The molecule has 0 radical (unpaired) electrons. The van der Waals surface area contributed by atoms with Gasteiger partial charge in [0.25, 0.3) is 11.9 Å². The van der Waals surface area contributed by atoms with E-state index in [4.69, 9.17) is 4.74 Å². The van der Waals surface area contributed by atoms with Crippen LogP contribution in [0.25, 0.3) is 0 Å². The molecular formula is C25H22FN3O4. The summed E-state index contributed by atoms with van der Waals surface area (Å²) < 4.78 is 19.1. The molecule has 2 heterocycles. The summed E-state index contributed by atoms with van der Waals surface area (Å²) in [5.74, 6) is -0.701. The van der Waals surface area contributed by atoms with Gasteiger partial charge in [-0.1, -0.05) is 42.5 Å².